The SMILES string of the molecule is CCCc1ccc(OC)cc1.COc1ccc(CC(NC(=O)OCc2ccccc2)C(=O)O)cc1.COc1ccc(CC(NC(=O)c2ccco2)C(=O)O)cc1.COc1ccc(C[C@H](NC(=O)c2ccccn2)C(=O)O)cc1.COc1ccc(OC)cc1.COc1ccc(OCc2ccccc2)cc1.COc1ccc2ccccc2c1.COc1ccc2ccccc2c1.COc1cccc(OCc2ccccc2)c1. The molecule has 0 radical (unpaired) electrons. The highest BCUT2D eigenvalue weighted by molar-refractivity contribution is 5.95. The number of hydrogen-bond donors (Lipinski definition) is 6. The molecule has 0 fully saturated rings. The molecule has 2 unspecified atom stereocenters. The number of aromatic nitrogens is 1. The van der Waals surface area contributed by atoms with Gasteiger partial charge in [0.25, 0.3) is 11.8 Å². The van der Waals surface area contributed by atoms with Crippen molar-refractivity contribution in [3.05, 3.63) is 439 Å². The van der Waals surface area contributed by atoms with Crippen LogP contribution >= 0.6 is 0 Å². The summed E-state index contributed by atoms with van der Waals surface area (Å²) in [5, 5.41) is 40.0. The first-order chi connectivity index (χ1) is 70.1. The van der Waals surface area contributed by atoms with Gasteiger partial charge < -0.3 is 97.3 Å². The molecule has 3 amide bonds. The average Bonchev–Trinajstić information content (AvgIpc) is 0.965. The smallest absolute Gasteiger partial charge is 0.408 e. The standard InChI is InChI=1S/C18H19NO5.C16H16N2O4.C15H15NO5.2C14H14O2.2C11H10O.C10H14O.C8H10O2/c1-23-15-9-7-13(8-10-15)11-16(17(20)21)19-18(22)24-12-14-5-3-2-4-6-14;1-22-12-7-5-11(6-8-12)10-14(16(20)21)18-15(19)13-4-2-3-9-17-13;1-20-11-6-4-10(5-7-11)9-12(15(18)19)16-14(17)13-3-2-8-21-13;1-15-13-8-5-9-14(10-13)16-11-12-6-3-2-4-7-12;1-15-13-7-9-14(10-8-13)16-11-12-5-3-2-4-6-12;2*1-12-11-7-6-9-4-2-3-5-10(9)8-11;1-3-4-9-5-7-10(11-2)8-6-9;1-9-7-3-5-8(10-2)6-4-7/h2-10,16H,11-12H2,1H3,(H,19,22)(H,20,21);2-9,14H,10H2,1H3,(H,18,19)(H,20,21);2-8,12H,9H2,1H3,(H,16,17)(H,18,19);2*2-10H,11H2,1H3;2*2-8H,1H3;5-8H,3-4H2,1-2H3;3-6H,1-2H3/t;14-;;;;;;;/m.0......./s1. The summed E-state index contributed by atoms with van der Waals surface area (Å²) in [6.07, 6.45) is 4.93. The molecule has 0 aliphatic heterocycles. The van der Waals surface area contributed by atoms with Gasteiger partial charge in [-0.1, -0.05) is 226 Å². The van der Waals surface area contributed by atoms with E-state index in [2.05, 4.69) is 76.4 Å². The lowest BCUT2D eigenvalue weighted by molar-refractivity contribution is -0.140. The molecule has 748 valence electrons. The van der Waals surface area contributed by atoms with Crippen LogP contribution in [0.2, 0.25) is 0 Å². The number of methoxy groups -OCH3 is 10. The first-order valence-electron chi connectivity index (χ1n) is 45.7. The van der Waals surface area contributed by atoms with Crippen LogP contribution in [0, 0.1) is 0 Å². The Hall–Kier alpha value is -17.8. The monoisotopic (exact) mass is 1950 g/mol. The summed E-state index contributed by atoms with van der Waals surface area (Å²) < 4.78 is 71.8. The van der Waals surface area contributed by atoms with Crippen LogP contribution in [0.1, 0.15) is 73.3 Å². The van der Waals surface area contributed by atoms with Gasteiger partial charge in [-0.2, -0.15) is 0 Å². The van der Waals surface area contributed by atoms with E-state index in [0.717, 1.165) is 86.0 Å². The number of nitrogens with one attached hydrogen (secondary N) is 3. The molecule has 27 nitrogen and oxygen atoms in total. The maximum Gasteiger partial charge on any atom is 0.408 e. The molecule has 14 aromatic carbocycles. The highest BCUT2D eigenvalue weighted by Gasteiger charge is 2.25. The number of benzene rings is 14. The molecular formula is C117H122N4O23. The number of carboxylic acids is 3. The van der Waals surface area contributed by atoms with Gasteiger partial charge in [0.2, 0.25) is 0 Å². The Bertz CT molecular complexity index is 6270. The van der Waals surface area contributed by atoms with E-state index < -0.39 is 53.9 Å². The quantitative estimate of drug-likeness (QED) is 0.0218. The number of nitrogens with zero attached hydrogens (tertiary/aromatic N) is 1. The van der Waals surface area contributed by atoms with Gasteiger partial charge >= 0.3 is 24.0 Å². The Morgan fingerprint density at radius 1 is 0.278 bits per heavy atom. The third-order valence-electron chi connectivity index (χ3n) is 21.0. The van der Waals surface area contributed by atoms with Crippen molar-refractivity contribution in [2.45, 2.75) is 77.0 Å². The Morgan fingerprint density at radius 2 is 0.590 bits per heavy atom. The van der Waals surface area contributed by atoms with E-state index in [1.807, 2.05) is 224 Å². The molecule has 0 aliphatic rings. The summed E-state index contributed by atoms with van der Waals surface area (Å²) in [7, 11) is 16.3. The number of aliphatic carboxylic acids is 3. The Kier molecular flexibility index (Phi) is 49.3. The van der Waals surface area contributed by atoms with Crippen LogP contribution in [0.3, 0.4) is 0 Å². The van der Waals surface area contributed by atoms with Gasteiger partial charge in [0.05, 0.1) is 77.4 Å². The van der Waals surface area contributed by atoms with Crippen molar-refractivity contribution in [1.82, 2.24) is 20.9 Å². The maximum absolute atomic E-state index is 12.0. The third kappa shape index (κ3) is 41.5. The highest BCUT2D eigenvalue weighted by Crippen LogP contribution is 2.26. The summed E-state index contributed by atoms with van der Waals surface area (Å²) in [6.45, 7) is 3.44. The largest absolute Gasteiger partial charge is 0.497 e. The second-order valence-corrected chi connectivity index (χ2v) is 31.0. The van der Waals surface area contributed by atoms with Crippen molar-refractivity contribution < 1.29 is 110 Å². The molecule has 2 aromatic heterocycles. The van der Waals surface area contributed by atoms with E-state index >= 15 is 0 Å². The molecule has 2 heterocycles. The van der Waals surface area contributed by atoms with E-state index in [0.29, 0.717) is 30.5 Å². The van der Waals surface area contributed by atoms with Crippen molar-refractivity contribution in [2.75, 3.05) is 71.1 Å². The molecule has 0 saturated carbocycles. The first-order valence-corrected chi connectivity index (χ1v) is 45.7. The molecule has 3 atom stereocenters. The first kappa shape index (κ1) is 112. The Morgan fingerprint density at radius 3 is 0.944 bits per heavy atom. The predicted octanol–water partition coefficient (Wildman–Crippen LogP) is 22.4. The molecule has 0 aliphatic carbocycles. The van der Waals surface area contributed by atoms with Crippen LogP contribution in [-0.2, 0) is 64.6 Å². The van der Waals surface area contributed by atoms with E-state index in [9.17, 15) is 44.1 Å². The number of alkyl carbamates (subject to hydrolysis) is 1. The van der Waals surface area contributed by atoms with Crippen molar-refractivity contribution in [3.8, 4) is 69.0 Å². The summed E-state index contributed by atoms with van der Waals surface area (Å²) in [6, 6.07) is 115. The van der Waals surface area contributed by atoms with Crippen molar-refractivity contribution in [1.29, 1.82) is 0 Å². The van der Waals surface area contributed by atoms with E-state index in [4.69, 9.17) is 66.0 Å². The fourth-order valence-corrected chi connectivity index (χ4v) is 13.1. The number of aryl methyl sites for hydroxylation is 1. The maximum atomic E-state index is 12.0. The summed E-state index contributed by atoms with van der Waals surface area (Å²) >= 11 is 0. The summed E-state index contributed by atoms with van der Waals surface area (Å²) in [5.74, 6) is 5.52. The number of rotatable bonds is 34. The van der Waals surface area contributed by atoms with Gasteiger partial charge in [-0.3, -0.25) is 14.6 Å². The van der Waals surface area contributed by atoms with Gasteiger partial charge in [0.1, 0.15) is 113 Å². The van der Waals surface area contributed by atoms with Gasteiger partial charge in [-0.15, -0.1) is 0 Å². The molecule has 16 aromatic rings. The van der Waals surface area contributed by atoms with Crippen molar-refractivity contribution >= 4 is 57.4 Å². The Balaban J connectivity index is 0.000000201. The number of ether oxygens (including phenoxy) is 13. The van der Waals surface area contributed by atoms with Crippen LogP contribution in [0.4, 0.5) is 4.79 Å². The number of fused-ring (bicyclic) bond motifs is 2. The molecule has 16 rings (SSSR count). The minimum Gasteiger partial charge on any atom is -0.497 e. The lowest BCUT2D eigenvalue weighted by Crippen LogP contribution is -2.42. The third-order valence-corrected chi connectivity index (χ3v) is 21.0. The summed E-state index contributed by atoms with van der Waals surface area (Å²) in [5.41, 5.74) is 7.05. The van der Waals surface area contributed by atoms with Crippen LogP contribution in [0.15, 0.2) is 393 Å². The van der Waals surface area contributed by atoms with E-state index in [1.54, 1.807) is 162 Å². The molecule has 0 spiro atoms. The second-order valence-electron chi connectivity index (χ2n) is 31.0. The van der Waals surface area contributed by atoms with Gasteiger partial charge in [0, 0.05) is 31.5 Å². The molecule has 0 bridgehead atoms. The minimum absolute atomic E-state index is 0.0796. The number of carbonyl (C=O) groups is 6. The zero-order valence-corrected chi connectivity index (χ0v) is 82.3. The molecule has 0 saturated heterocycles. The van der Waals surface area contributed by atoms with Gasteiger partial charge in [-0.25, -0.2) is 19.2 Å². The van der Waals surface area contributed by atoms with Crippen LogP contribution < -0.4 is 72.8 Å². The molecule has 6 N–H and O–H groups in total. The lowest BCUT2D eigenvalue weighted by atomic mass is 10.1. The summed E-state index contributed by atoms with van der Waals surface area (Å²) in [4.78, 5) is 73.5. The number of amides is 3. The second kappa shape index (κ2) is 63.7. The van der Waals surface area contributed by atoms with Gasteiger partial charge in [-0.05, 0) is 225 Å². The van der Waals surface area contributed by atoms with Gasteiger partial charge in [0.15, 0.2) is 5.76 Å². The molecule has 144 heavy (non-hydrogen) atoms. The van der Waals surface area contributed by atoms with Crippen LogP contribution in [-0.4, -0.2) is 145 Å². The lowest BCUT2D eigenvalue weighted by Gasteiger charge is -2.15. The van der Waals surface area contributed by atoms with Crippen molar-refractivity contribution in [2.24, 2.45) is 0 Å². The zero-order chi connectivity index (χ0) is 103. The molecule has 27 heteroatoms. The Labute approximate surface area is 839 Å². The minimum atomic E-state index is -1.12. The average molecular weight is 1950 g/mol. The highest BCUT2D eigenvalue weighted by atomic mass is 16.6. The zero-order valence-electron chi connectivity index (χ0n) is 82.3. The number of carboxylic acid groups (broad SMARTS) is 3. The normalized spacial score (nSPS) is 10.6. The number of hydrogen-bond acceptors (Lipinski definition) is 21. The number of carbonyl (C=O) groups excluding carboxylic acids is 3. The predicted molar refractivity (Wildman–Crippen MR) is 557 cm³/mol. The number of pyridine rings is 1. The van der Waals surface area contributed by atoms with E-state index in [1.165, 1.54) is 63.7 Å². The van der Waals surface area contributed by atoms with E-state index in [-0.39, 0.29) is 37.3 Å². The number of furan rings is 1. The fraction of sp³-hybridized carbons (Fsp3) is 0.188. The fourth-order valence-electron chi connectivity index (χ4n) is 13.1. The van der Waals surface area contributed by atoms with Crippen LogP contribution in [0.25, 0.3) is 21.5 Å². The van der Waals surface area contributed by atoms with Crippen molar-refractivity contribution in [3.63, 3.8) is 0 Å². The van der Waals surface area contributed by atoms with Crippen LogP contribution in [0.5, 0.6) is 69.0 Å². The molecular weight excluding hydrogens is 1830 g/mol. The topological polar surface area (TPSA) is 345 Å².